The Bertz CT molecular complexity index is 677. The molecule has 0 aliphatic heterocycles. The van der Waals surface area contributed by atoms with Crippen molar-refractivity contribution in [3.05, 3.63) is 23.8 Å². The number of phenolic OH excluding ortho intramolecular Hbond substituents is 1. The van der Waals surface area contributed by atoms with Gasteiger partial charge in [0, 0.05) is 6.04 Å². The Morgan fingerprint density at radius 3 is 2.71 bits per heavy atom. The number of carbonyl (C=O) groups excluding carboxylic acids is 2. The van der Waals surface area contributed by atoms with Gasteiger partial charge in [0.2, 0.25) is 6.08 Å². The van der Waals surface area contributed by atoms with Crippen LogP contribution in [0.3, 0.4) is 0 Å². The molecule has 0 heterocycles. The molecule has 1 amide bonds. The number of benzene rings is 1. The van der Waals surface area contributed by atoms with Crippen molar-refractivity contribution < 1.29 is 14.7 Å². The monoisotopic (exact) mass is 330 g/mol. The number of carbonyl (C=O) groups is 1. The molecule has 0 saturated heterocycles. The minimum absolute atomic E-state index is 0.0556. The summed E-state index contributed by atoms with van der Waals surface area (Å²) >= 11 is 0. The maximum Gasteiger partial charge on any atom is 0.255 e. The van der Waals surface area contributed by atoms with Crippen LogP contribution in [0.5, 0.6) is 5.75 Å². The normalized spacial score (nSPS) is 25.6. The molecule has 0 spiro atoms. The van der Waals surface area contributed by atoms with Crippen molar-refractivity contribution in [2.24, 2.45) is 15.8 Å². The molecule has 1 saturated carbocycles. The molecule has 5 nitrogen and oxygen atoms in total. The second-order valence-corrected chi connectivity index (χ2v) is 7.96. The van der Waals surface area contributed by atoms with E-state index in [4.69, 9.17) is 0 Å². The van der Waals surface area contributed by atoms with Gasteiger partial charge in [-0.25, -0.2) is 4.79 Å². The molecule has 5 heteroatoms. The Hall–Kier alpha value is -2.13. The summed E-state index contributed by atoms with van der Waals surface area (Å²) in [7, 11) is 0. The number of amides is 1. The molecule has 24 heavy (non-hydrogen) atoms. The molecule has 2 unspecified atom stereocenters. The van der Waals surface area contributed by atoms with Gasteiger partial charge in [0.15, 0.2) is 5.75 Å². The van der Waals surface area contributed by atoms with Crippen LogP contribution in [0, 0.1) is 10.8 Å². The Labute approximate surface area is 143 Å². The summed E-state index contributed by atoms with van der Waals surface area (Å²) in [4.78, 5) is 26.4. The lowest BCUT2D eigenvalue weighted by Gasteiger charge is -2.46. The molecule has 1 fully saturated rings. The molecule has 130 valence electrons. The summed E-state index contributed by atoms with van der Waals surface area (Å²) in [6.07, 6.45) is 5.41. The lowest BCUT2D eigenvalue weighted by molar-refractivity contribution is 0.0606. The van der Waals surface area contributed by atoms with Gasteiger partial charge in [0.25, 0.3) is 5.91 Å². The first-order valence-corrected chi connectivity index (χ1v) is 8.40. The van der Waals surface area contributed by atoms with Crippen molar-refractivity contribution in [3.8, 4) is 5.75 Å². The van der Waals surface area contributed by atoms with E-state index in [-0.39, 0.29) is 39.8 Å². The SMILES string of the molecule is CCC1(C)CC(NC(=O)c2cccc(N=C=O)c2O)CC(C)(C)C1. The second-order valence-electron chi connectivity index (χ2n) is 7.96. The lowest BCUT2D eigenvalue weighted by atomic mass is 9.61. The van der Waals surface area contributed by atoms with E-state index in [0.29, 0.717) is 0 Å². The van der Waals surface area contributed by atoms with Gasteiger partial charge in [-0.05, 0) is 42.2 Å². The van der Waals surface area contributed by atoms with Crippen LogP contribution in [0.2, 0.25) is 0 Å². The fraction of sp³-hybridized carbons (Fsp3) is 0.579. The Balaban J connectivity index is 2.20. The van der Waals surface area contributed by atoms with Crippen LogP contribution in [-0.4, -0.2) is 23.1 Å². The highest BCUT2D eigenvalue weighted by molar-refractivity contribution is 5.98. The minimum Gasteiger partial charge on any atom is -0.505 e. The van der Waals surface area contributed by atoms with Crippen molar-refractivity contribution in [3.63, 3.8) is 0 Å². The average Bonchev–Trinajstić information content (AvgIpc) is 2.47. The highest BCUT2D eigenvalue weighted by Gasteiger charge is 2.40. The largest absolute Gasteiger partial charge is 0.505 e. The highest BCUT2D eigenvalue weighted by atomic mass is 16.3. The van der Waals surface area contributed by atoms with Crippen LogP contribution in [0.1, 0.15) is 63.7 Å². The average molecular weight is 330 g/mol. The van der Waals surface area contributed by atoms with Gasteiger partial charge in [-0.3, -0.25) is 4.79 Å². The quantitative estimate of drug-likeness (QED) is 0.645. The Kier molecular flexibility index (Phi) is 5.14. The Morgan fingerprint density at radius 2 is 2.08 bits per heavy atom. The van der Waals surface area contributed by atoms with Gasteiger partial charge in [-0.2, -0.15) is 4.99 Å². The van der Waals surface area contributed by atoms with Gasteiger partial charge in [0.1, 0.15) is 5.69 Å². The standard InChI is InChI=1S/C19H26N2O3/c1-5-19(4)10-13(9-18(2,3)11-19)21-17(24)14-7-6-8-15(16(14)23)20-12-22/h6-8,13,23H,5,9-11H2,1-4H3,(H,21,24). The number of aliphatic imine (C=N–C) groups is 1. The molecule has 1 aliphatic rings. The van der Waals surface area contributed by atoms with E-state index in [2.05, 4.69) is 38.0 Å². The number of hydrogen-bond acceptors (Lipinski definition) is 4. The van der Waals surface area contributed by atoms with E-state index in [1.54, 1.807) is 6.07 Å². The Morgan fingerprint density at radius 1 is 1.38 bits per heavy atom. The maximum absolute atomic E-state index is 12.6. The molecule has 0 aromatic heterocycles. The number of hydrogen-bond donors (Lipinski definition) is 2. The van der Waals surface area contributed by atoms with Gasteiger partial charge < -0.3 is 10.4 Å². The third-order valence-corrected chi connectivity index (χ3v) is 5.06. The van der Waals surface area contributed by atoms with Crippen LogP contribution in [0.15, 0.2) is 23.2 Å². The number of nitrogens with one attached hydrogen (secondary N) is 1. The van der Waals surface area contributed by atoms with Crippen molar-refractivity contribution >= 4 is 17.7 Å². The first-order valence-electron chi connectivity index (χ1n) is 8.40. The topological polar surface area (TPSA) is 78.8 Å². The van der Waals surface area contributed by atoms with Crippen molar-refractivity contribution in [1.82, 2.24) is 5.32 Å². The molecule has 1 aliphatic carbocycles. The summed E-state index contributed by atoms with van der Waals surface area (Å²) in [5.74, 6) is -0.622. The number of isocyanates is 1. The third kappa shape index (κ3) is 4.04. The highest BCUT2D eigenvalue weighted by Crippen LogP contribution is 2.47. The zero-order valence-corrected chi connectivity index (χ0v) is 14.8. The van der Waals surface area contributed by atoms with Gasteiger partial charge >= 0.3 is 0 Å². The summed E-state index contributed by atoms with van der Waals surface area (Å²) in [5, 5.41) is 13.2. The minimum atomic E-state index is -0.336. The fourth-order valence-electron chi connectivity index (χ4n) is 4.12. The predicted molar refractivity (Wildman–Crippen MR) is 93.2 cm³/mol. The molecule has 0 radical (unpaired) electrons. The zero-order valence-electron chi connectivity index (χ0n) is 14.8. The van der Waals surface area contributed by atoms with E-state index in [0.717, 1.165) is 25.7 Å². The van der Waals surface area contributed by atoms with Gasteiger partial charge in [-0.15, -0.1) is 0 Å². The van der Waals surface area contributed by atoms with E-state index in [9.17, 15) is 14.7 Å². The molecule has 2 atom stereocenters. The summed E-state index contributed by atoms with van der Waals surface area (Å²) in [6.45, 7) is 8.92. The first-order chi connectivity index (χ1) is 11.2. The number of phenols is 1. The van der Waals surface area contributed by atoms with Crippen LogP contribution < -0.4 is 5.32 Å². The van der Waals surface area contributed by atoms with Crippen LogP contribution in [0.25, 0.3) is 0 Å². The van der Waals surface area contributed by atoms with E-state index < -0.39 is 0 Å². The number of aromatic hydroxyl groups is 1. The smallest absolute Gasteiger partial charge is 0.255 e. The van der Waals surface area contributed by atoms with Gasteiger partial charge in [-0.1, -0.05) is 40.2 Å². The first kappa shape index (κ1) is 18.2. The third-order valence-electron chi connectivity index (χ3n) is 5.06. The van der Waals surface area contributed by atoms with Crippen molar-refractivity contribution in [2.45, 2.75) is 59.4 Å². The fourth-order valence-corrected chi connectivity index (χ4v) is 4.12. The molecular formula is C19H26N2O3. The lowest BCUT2D eigenvalue weighted by Crippen LogP contribution is -2.46. The number of para-hydroxylation sites is 1. The van der Waals surface area contributed by atoms with E-state index >= 15 is 0 Å². The van der Waals surface area contributed by atoms with Crippen LogP contribution in [-0.2, 0) is 4.79 Å². The van der Waals surface area contributed by atoms with E-state index in [1.807, 2.05) is 0 Å². The number of nitrogens with zero attached hydrogens (tertiary/aromatic N) is 1. The zero-order chi connectivity index (χ0) is 18.0. The maximum atomic E-state index is 12.6. The van der Waals surface area contributed by atoms with E-state index in [1.165, 1.54) is 18.2 Å². The molecule has 1 aromatic carbocycles. The molecule has 2 N–H and O–H groups in total. The predicted octanol–water partition coefficient (Wildman–Crippen LogP) is 4.08. The van der Waals surface area contributed by atoms with Crippen molar-refractivity contribution in [2.75, 3.05) is 0 Å². The number of rotatable bonds is 4. The molecule has 2 rings (SSSR count). The molecular weight excluding hydrogens is 304 g/mol. The van der Waals surface area contributed by atoms with Gasteiger partial charge in [0.05, 0.1) is 5.56 Å². The van der Waals surface area contributed by atoms with Crippen LogP contribution in [0.4, 0.5) is 5.69 Å². The summed E-state index contributed by atoms with van der Waals surface area (Å²) in [6, 6.07) is 4.64. The second kappa shape index (κ2) is 6.78. The summed E-state index contributed by atoms with van der Waals surface area (Å²) in [5.41, 5.74) is 0.547. The molecule has 0 bridgehead atoms. The van der Waals surface area contributed by atoms with Crippen molar-refractivity contribution in [1.29, 1.82) is 0 Å². The summed E-state index contributed by atoms with van der Waals surface area (Å²) < 4.78 is 0. The molecule has 1 aromatic rings. The van der Waals surface area contributed by atoms with Crippen LogP contribution >= 0.6 is 0 Å².